The molecule has 2 N–H and O–H groups in total. The summed E-state index contributed by atoms with van der Waals surface area (Å²) in [5.41, 5.74) is -0.323. The molecule has 0 aliphatic rings. The summed E-state index contributed by atoms with van der Waals surface area (Å²) < 4.78 is 5.04. The third-order valence-electron chi connectivity index (χ3n) is 1.81. The first-order valence-corrected chi connectivity index (χ1v) is 5.73. The van der Waals surface area contributed by atoms with E-state index in [-0.39, 0.29) is 11.6 Å². The van der Waals surface area contributed by atoms with Crippen molar-refractivity contribution in [3.05, 3.63) is 22.2 Å². The second-order valence-electron chi connectivity index (χ2n) is 3.47. The van der Waals surface area contributed by atoms with E-state index in [1.54, 1.807) is 0 Å². The van der Waals surface area contributed by atoms with Gasteiger partial charge in [-0.2, -0.15) is 4.98 Å². The number of thioether (sulfide) groups is 1. The molecular weight excluding hydrogens is 230 g/mol. The normalized spacial score (nSPS) is 11.2. The molecule has 0 unspecified atom stereocenters. The Morgan fingerprint density at radius 2 is 2.31 bits per heavy atom. The second kappa shape index (κ2) is 4.52. The molecule has 86 valence electrons. The van der Waals surface area contributed by atoms with Gasteiger partial charge in [-0.15, -0.1) is 5.10 Å². The Morgan fingerprint density at radius 1 is 1.50 bits per heavy atom. The zero-order chi connectivity index (χ0) is 11.5. The van der Waals surface area contributed by atoms with Crippen LogP contribution in [0.3, 0.4) is 0 Å². The van der Waals surface area contributed by atoms with Gasteiger partial charge < -0.3 is 4.52 Å². The first kappa shape index (κ1) is 10.9. The lowest BCUT2D eigenvalue weighted by molar-refractivity contribution is 0.383. The van der Waals surface area contributed by atoms with Crippen LogP contribution >= 0.6 is 11.8 Å². The molecule has 0 aliphatic carbocycles. The number of nitrogens with zero attached hydrogens (tertiary/aromatic N) is 3. The van der Waals surface area contributed by atoms with Crippen LogP contribution in [0, 0.1) is 0 Å². The Bertz CT molecular complexity index is 514. The van der Waals surface area contributed by atoms with E-state index in [1.165, 1.54) is 11.8 Å². The Kier molecular flexibility index (Phi) is 3.09. The van der Waals surface area contributed by atoms with Crippen molar-refractivity contribution >= 4 is 11.8 Å². The lowest BCUT2D eigenvalue weighted by Crippen LogP contribution is -2.00. The predicted octanol–water partition coefficient (Wildman–Crippen LogP) is 0.897. The summed E-state index contributed by atoms with van der Waals surface area (Å²) >= 11 is 1.33. The highest BCUT2D eigenvalue weighted by atomic mass is 32.2. The molecular formula is C8H11N5O2S. The van der Waals surface area contributed by atoms with Crippen molar-refractivity contribution in [2.75, 3.05) is 0 Å². The lowest BCUT2D eigenvalue weighted by atomic mass is 10.2. The minimum atomic E-state index is -0.323. The highest BCUT2D eigenvalue weighted by Crippen LogP contribution is 2.17. The molecule has 0 saturated heterocycles. The minimum absolute atomic E-state index is 0.243. The van der Waals surface area contributed by atoms with Gasteiger partial charge in [-0.1, -0.05) is 30.8 Å². The summed E-state index contributed by atoms with van der Waals surface area (Å²) in [6.45, 7) is 3.99. The van der Waals surface area contributed by atoms with Crippen LogP contribution in [0.2, 0.25) is 0 Å². The fraction of sp³-hybridized carbons (Fsp3) is 0.500. The van der Waals surface area contributed by atoms with Gasteiger partial charge in [0.1, 0.15) is 0 Å². The molecule has 0 bridgehead atoms. The molecule has 8 heteroatoms. The van der Waals surface area contributed by atoms with Crippen LogP contribution in [-0.2, 0) is 5.75 Å². The van der Waals surface area contributed by atoms with E-state index in [9.17, 15) is 4.79 Å². The smallest absolute Gasteiger partial charge is 0.338 e. The van der Waals surface area contributed by atoms with Gasteiger partial charge in [-0.25, -0.2) is 9.89 Å². The van der Waals surface area contributed by atoms with Crippen LogP contribution in [0.1, 0.15) is 31.5 Å². The van der Waals surface area contributed by atoms with E-state index >= 15 is 0 Å². The largest absolute Gasteiger partial charge is 0.341 e. The molecule has 16 heavy (non-hydrogen) atoms. The average Bonchev–Trinajstić information content (AvgIpc) is 2.83. The van der Waals surface area contributed by atoms with Crippen molar-refractivity contribution in [2.24, 2.45) is 0 Å². The van der Waals surface area contributed by atoms with Gasteiger partial charge in [-0.05, 0) is 0 Å². The standard InChI is InChI=1S/C8H11N5O2S/c1-4(2)6-9-5(15-13-6)3-16-8-10-7(14)11-12-8/h4H,3H2,1-2H3,(H2,10,11,12,14). The topological polar surface area (TPSA) is 100 Å². The van der Waals surface area contributed by atoms with E-state index < -0.39 is 0 Å². The molecule has 0 fully saturated rings. The quantitative estimate of drug-likeness (QED) is 0.771. The number of nitrogens with one attached hydrogen (secondary N) is 2. The van der Waals surface area contributed by atoms with Crippen LogP contribution < -0.4 is 5.69 Å². The summed E-state index contributed by atoms with van der Waals surface area (Å²) in [5.74, 6) is 1.94. The number of rotatable bonds is 4. The van der Waals surface area contributed by atoms with Gasteiger partial charge in [0.2, 0.25) is 5.89 Å². The Hall–Kier alpha value is -1.57. The van der Waals surface area contributed by atoms with Crippen molar-refractivity contribution in [2.45, 2.75) is 30.7 Å². The Balaban J connectivity index is 1.97. The molecule has 0 aliphatic heterocycles. The van der Waals surface area contributed by atoms with Gasteiger partial charge in [0.25, 0.3) is 0 Å². The van der Waals surface area contributed by atoms with Crippen LogP contribution in [-0.4, -0.2) is 25.3 Å². The van der Waals surface area contributed by atoms with Crippen LogP contribution in [0.25, 0.3) is 0 Å². The van der Waals surface area contributed by atoms with Crippen molar-refractivity contribution in [3.8, 4) is 0 Å². The van der Waals surface area contributed by atoms with Gasteiger partial charge >= 0.3 is 5.69 Å². The fourth-order valence-corrected chi connectivity index (χ4v) is 1.67. The zero-order valence-electron chi connectivity index (χ0n) is 8.85. The SMILES string of the molecule is CC(C)c1noc(CSc2n[nH]c(=O)[nH]2)n1. The van der Waals surface area contributed by atoms with Crippen molar-refractivity contribution in [1.29, 1.82) is 0 Å². The van der Waals surface area contributed by atoms with E-state index in [0.29, 0.717) is 22.6 Å². The summed E-state index contributed by atoms with van der Waals surface area (Å²) in [5, 5.41) is 10.4. The molecule has 7 nitrogen and oxygen atoms in total. The van der Waals surface area contributed by atoms with Crippen molar-refractivity contribution in [3.63, 3.8) is 0 Å². The van der Waals surface area contributed by atoms with Crippen molar-refractivity contribution < 1.29 is 4.52 Å². The van der Waals surface area contributed by atoms with Gasteiger partial charge in [0.05, 0.1) is 5.75 Å². The zero-order valence-corrected chi connectivity index (χ0v) is 9.67. The molecule has 0 radical (unpaired) electrons. The first-order valence-electron chi connectivity index (χ1n) is 4.75. The predicted molar refractivity (Wildman–Crippen MR) is 57.2 cm³/mol. The third kappa shape index (κ3) is 2.51. The van der Waals surface area contributed by atoms with Gasteiger partial charge in [0, 0.05) is 5.92 Å². The highest BCUT2D eigenvalue weighted by molar-refractivity contribution is 7.98. The molecule has 0 aromatic carbocycles. The Morgan fingerprint density at radius 3 is 2.88 bits per heavy atom. The maximum atomic E-state index is 10.8. The van der Waals surface area contributed by atoms with Gasteiger partial charge in [-0.3, -0.25) is 4.98 Å². The maximum absolute atomic E-state index is 10.8. The van der Waals surface area contributed by atoms with Crippen molar-refractivity contribution in [1.82, 2.24) is 25.3 Å². The van der Waals surface area contributed by atoms with E-state index in [1.807, 2.05) is 13.8 Å². The van der Waals surface area contributed by atoms with Crippen LogP contribution in [0.5, 0.6) is 0 Å². The molecule has 0 spiro atoms. The van der Waals surface area contributed by atoms with Crippen LogP contribution in [0.15, 0.2) is 14.5 Å². The molecule has 2 aromatic heterocycles. The summed E-state index contributed by atoms with van der Waals surface area (Å²) in [6, 6.07) is 0. The number of H-pyrrole nitrogens is 2. The third-order valence-corrected chi connectivity index (χ3v) is 2.67. The molecule has 2 heterocycles. The number of aromatic nitrogens is 5. The maximum Gasteiger partial charge on any atom is 0.341 e. The van der Waals surface area contributed by atoms with Gasteiger partial charge in [0.15, 0.2) is 11.0 Å². The molecule has 0 amide bonds. The summed E-state index contributed by atoms with van der Waals surface area (Å²) in [6.07, 6.45) is 0. The highest BCUT2D eigenvalue weighted by Gasteiger charge is 2.10. The minimum Gasteiger partial charge on any atom is -0.338 e. The number of hydrogen-bond donors (Lipinski definition) is 2. The van der Waals surface area contributed by atoms with E-state index in [0.717, 1.165) is 0 Å². The van der Waals surface area contributed by atoms with E-state index in [4.69, 9.17) is 4.52 Å². The monoisotopic (exact) mass is 241 g/mol. The second-order valence-corrected chi connectivity index (χ2v) is 4.44. The number of hydrogen-bond acceptors (Lipinski definition) is 6. The van der Waals surface area contributed by atoms with E-state index in [2.05, 4.69) is 25.3 Å². The fourth-order valence-electron chi connectivity index (χ4n) is 1.01. The summed E-state index contributed by atoms with van der Waals surface area (Å²) in [4.78, 5) is 17.5. The summed E-state index contributed by atoms with van der Waals surface area (Å²) in [7, 11) is 0. The molecule has 0 atom stereocenters. The lowest BCUT2D eigenvalue weighted by Gasteiger charge is -1.92. The number of aromatic amines is 2. The first-order chi connectivity index (χ1) is 7.65. The average molecular weight is 241 g/mol. The Labute approximate surface area is 95.0 Å². The molecule has 2 aromatic rings. The molecule has 0 saturated carbocycles. The molecule has 2 rings (SSSR count). The van der Waals surface area contributed by atoms with Crippen LogP contribution in [0.4, 0.5) is 0 Å².